The molecule has 5 heteroatoms. The first-order valence-electron chi connectivity index (χ1n) is 7.33. The summed E-state index contributed by atoms with van der Waals surface area (Å²) < 4.78 is 0. The lowest BCUT2D eigenvalue weighted by Gasteiger charge is -2.30. The average Bonchev–Trinajstić information content (AvgIpc) is 2.47. The van der Waals surface area contributed by atoms with E-state index in [0.717, 1.165) is 5.69 Å². The Morgan fingerprint density at radius 3 is 2.70 bits per heavy atom. The smallest absolute Gasteiger partial charge is 0.274 e. The van der Waals surface area contributed by atoms with Crippen LogP contribution in [0.4, 0.5) is 11.4 Å². The second-order valence-electron chi connectivity index (χ2n) is 5.64. The van der Waals surface area contributed by atoms with Crippen molar-refractivity contribution in [1.29, 1.82) is 0 Å². The van der Waals surface area contributed by atoms with Gasteiger partial charge in [-0.2, -0.15) is 0 Å². The van der Waals surface area contributed by atoms with Crippen LogP contribution in [0.2, 0.25) is 0 Å². The van der Waals surface area contributed by atoms with Crippen molar-refractivity contribution < 1.29 is 4.92 Å². The van der Waals surface area contributed by atoms with Crippen molar-refractivity contribution in [3.63, 3.8) is 0 Å². The van der Waals surface area contributed by atoms with Gasteiger partial charge >= 0.3 is 0 Å². The van der Waals surface area contributed by atoms with E-state index in [2.05, 4.69) is 5.32 Å². The van der Waals surface area contributed by atoms with Gasteiger partial charge in [0.2, 0.25) is 0 Å². The fourth-order valence-electron chi connectivity index (χ4n) is 3.02. The number of rotatable bonds is 5. The van der Waals surface area contributed by atoms with E-state index in [1.165, 1.54) is 32.1 Å². The summed E-state index contributed by atoms with van der Waals surface area (Å²) in [7, 11) is 0. The predicted molar refractivity (Wildman–Crippen MR) is 80.9 cm³/mol. The maximum Gasteiger partial charge on any atom is 0.274 e. The molecular weight excluding hydrogens is 254 g/mol. The molecule has 0 heterocycles. The first-order chi connectivity index (χ1) is 9.61. The van der Waals surface area contributed by atoms with Crippen LogP contribution in [-0.4, -0.2) is 17.5 Å². The van der Waals surface area contributed by atoms with Crippen molar-refractivity contribution in [2.75, 3.05) is 11.9 Å². The number of benzene rings is 1. The van der Waals surface area contributed by atoms with E-state index in [4.69, 9.17) is 5.73 Å². The van der Waals surface area contributed by atoms with Crippen molar-refractivity contribution in [2.45, 2.75) is 45.1 Å². The highest BCUT2D eigenvalue weighted by atomic mass is 16.6. The highest BCUT2D eigenvalue weighted by molar-refractivity contribution is 5.55. The summed E-state index contributed by atoms with van der Waals surface area (Å²) >= 11 is 0. The highest BCUT2D eigenvalue weighted by Gasteiger charge is 2.23. The largest absolute Gasteiger partial charge is 0.381 e. The summed E-state index contributed by atoms with van der Waals surface area (Å²) in [5.74, 6) is 0.578. The number of nitro groups is 1. The Labute approximate surface area is 119 Å². The van der Waals surface area contributed by atoms with E-state index >= 15 is 0 Å². The Morgan fingerprint density at radius 2 is 2.10 bits per heavy atom. The van der Waals surface area contributed by atoms with Crippen LogP contribution in [0, 0.1) is 23.0 Å². The fourth-order valence-corrected chi connectivity index (χ4v) is 3.02. The molecule has 1 aromatic rings. The van der Waals surface area contributed by atoms with Crippen molar-refractivity contribution >= 4 is 11.4 Å². The van der Waals surface area contributed by atoms with Gasteiger partial charge in [0.15, 0.2) is 0 Å². The minimum atomic E-state index is -0.335. The van der Waals surface area contributed by atoms with Crippen LogP contribution in [0.5, 0.6) is 0 Å². The summed E-state index contributed by atoms with van der Waals surface area (Å²) in [5, 5.41) is 14.4. The molecule has 3 N–H and O–H groups in total. The number of hydrogen-bond acceptors (Lipinski definition) is 4. The van der Waals surface area contributed by atoms with Crippen LogP contribution in [0.1, 0.15) is 37.7 Å². The SMILES string of the molecule is Cc1ccc(NC(CN)C2CCCCC2)cc1[N+](=O)[O-]. The van der Waals surface area contributed by atoms with Crippen molar-refractivity contribution in [3.05, 3.63) is 33.9 Å². The number of nitrogens with two attached hydrogens (primary N) is 1. The van der Waals surface area contributed by atoms with Gasteiger partial charge in [0, 0.05) is 29.9 Å². The predicted octanol–water partition coefficient (Wildman–Crippen LogP) is 3.22. The molecule has 1 unspecified atom stereocenters. The molecule has 5 nitrogen and oxygen atoms in total. The van der Waals surface area contributed by atoms with Crippen LogP contribution in [-0.2, 0) is 0 Å². The van der Waals surface area contributed by atoms with Gasteiger partial charge in [0.1, 0.15) is 0 Å². The maximum atomic E-state index is 11.0. The molecule has 1 saturated carbocycles. The van der Waals surface area contributed by atoms with Crippen molar-refractivity contribution in [2.24, 2.45) is 11.7 Å². The molecular formula is C15H23N3O2. The van der Waals surface area contributed by atoms with Gasteiger partial charge < -0.3 is 11.1 Å². The van der Waals surface area contributed by atoms with Gasteiger partial charge in [-0.1, -0.05) is 25.3 Å². The zero-order valence-electron chi connectivity index (χ0n) is 12.0. The van der Waals surface area contributed by atoms with Gasteiger partial charge in [0.05, 0.1) is 4.92 Å². The normalized spacial score (nSPS) is 17.7. The van der Waals surface area contributed by atoms with Crippen molar-refractivity contribution in [1.82, 2.24) is 0 Å². The molecule has 0 aliphatic heterocycles. The fraction of sp³-hybridized carbons (Fsp3) is 0.600. The molecule has 1 aliphatic carbocycles. The molecule has 0 spiro atoms. The minimum absolute atomic E-state index is 0.161. The zero-order chi connectivity index (χ0) is 14.5. The number of nitrogens with one attached hydrogen (secondary N) is 1. The van der Waals surface area contributed by atoms with Gasteiger partial charge in [-0.05, 0) is 31.7 Å². The second kappa shape index (κ2) is 6.70. The van der Waals surface area contributed by atoms with Crippen LogP contribution >= 0.6 is 0 Å². The third-order valence-electron chi connectivity index (χ3n) is 4.23. The molecule has 0 saturated heterocycles. The first kappa shape index (κ1) is 14.8. The molecule has 0 amide bonds. The number of nitrogens with zero attached hydrogens (tertiary/aromatic N) is 1. The molecule has 1 atom stereocenters. The van der Waals surface area contributed by atoms with E-state index in [9.17, 15) is 10.1 Å². The van der Waals surface area contributed by atoms with Gasteiger partial charge in [-0.15, -0.1) is 0 Å². The zero-order valence-corrected chi connectivity index (χ0v) is 12.0. The Bertz CT molecular complexity index is 470. The molecule has 0 bridgehead atoms. The Balaban J connectivity index is 2.10. The lowest BCUT2D eigenvalue weighted by atomic mass is 9.84. The number of hydrogen-bond donors (Lipinski definition) is 2. The van der Waals surface area contributed by atoms with E-state index < -0.39 is 0 Å². The van der Waals surface area contributed by atoms with E-state index in [-0.39, 0.29) is 16.7 Å². The quantitative estimate of drug-likeness (QED) is 0.639. The minimum Gasteiger partial charge on any atom is -0.381 e. The van der Waals surface area contributed by atoms with Crippen molar-refractivity contribution in [3.8, 4) is 0 Å². The van der Waals surface area contributed by atoms with Crippen LogP contribution < -0.4 is 11.1 Å². The van der Waals surface area contributed by atoms with E-state index in [1.807, 2.05) is 6.07 Å². The topological polar surface area (TPSA) is 81.2 Å². The second-order valence-corrected chi connectivity index (χ2v) is 5.64. The van der Waals surface area contributed by atoms with Gasteiger partial charge in [-0.25, -0.2) is 0 Å². The Hall–Kier alpha value is -1.62. The number of aryl methyl sites for hydroxylation is 1. The lowest BCUT2D eigenvalue weighted by Crippen LogP contribution is -2.37. The van der Waals surface area contributed by atoms with Crippen LogP contribution in [0.3, 0.4) is 0 Å². The summed E-state index contributed by atoms with van der Waals surface area (Å²) in [6.45, 7) is 2.32. The Kier molecular flexibility index (Phi) is 4.95. The van der Waals surface area contributed by atoms with Crippen LogP contribution in [0.15, 0.2) is 18.2 Å². The summed E-state index contributed by atoms with van der Waals surface area (Å²) in [5.41, 5.74) is 7.52. The molecule has 0 radical (unpaired) electrons. The Morgan fingerprint density at radius 1 is 1.40 bits per heavy atom. The molecule has 1 aromatic carbocycles. The lowest BCUT2D eigenvalue weighted by molar-refractivity contribution is -0.385. The third-order valence-corrected chi connectivity index (χ3v) is 4.23. The molecule has 20 heavy (non-hydrogen) atoms. The monoisotopic (exact) mass is 277 g/mol. The highest BCUT2D eigenvalue weighted by Crippen LogP contribution is 2.29. The maximum absolute atomic E-state index is 11.0. The molecule has 1 fully saturated rings. The summed E-state index contributed by atoms with van der Waals surface area (Å²) in [6.07, 6.45) is 6.23. The standard InChI is InChI=1S/C15H23N3O2/c1-11-7-8-13(9-15(11)18(19)20)17-14(10-16)12-5-3-2-4-6-12/h7-9,12,14,17H,2-6,10,16H2,1H3. The number of nitro benzene ring substituents is 1. The molecule has 2 rings (SSSR count). The summed E-state index contributed by atoms with van der Waals surface area (Å²) in [6, 6.07) is 5.50. The molecule has 110 valence electrons. The van der Waals surface area contributed by atoms with E-state index in [1.54, 1.807) is 19.1 Å². The summed E-state index contributed by atoms with van der Waals surface area (Å²) in [4.78, 5) is 10.6. The van der Waals surface area contributed by atoms with Crippen LogP contribution in [0.25, 0.3) is 0 Å². The van der Waals surface area contributed by atoms with Gasteiger partial charge in [-0.3, -0.25) is 10.1 Å². The third kappa shape index (κ3) is 3.48. The average molecular weight is 277 g/mol. The molecule has 1 aliphatic rings. The molecule has 0 aromatic heterocycles. The van der Waals surface area contributed by atoms with Gasteiger partial charge in [0.25, 0.3) is 5.69 Å². The number of anilines is 1. The van der Waals surface area contributed by atoms with E-state index in [0.29, 0.717) is 18.0 Å². The first-order valence-corrected chi connectivity index (χ1v) is 7.33.